The number of aromatic nitrogens is 9. The first-order valence-corrected chi connectivity index (χ1v) is 19.4. The second-order valence-electron chi connectivity index (χ2n) is 14.9. The molecule has 0 aliphatic carbocycles. The Morgan fingerprint density at radius 1 is 0.263 bits per heavy atom. The number of benzene rings is 5. The molecule has 0 saturated carbocycles. The van der Waals surface area contributed by atoms with Crippen LogP contribution in [0.1, 0.15) is 76.8 Å². The molecule has 9 heteroatoms. The molecule has 0 fully saturated rings. The van der Waals surface area contributed by atoms with E-state index in [1.807, 2.05) is 109 Å². The van der Waals surface area contributed by atoms with Crippen LogP contribution in [0, 0.1) is 0 Å². The molecular formula is C48H43N9. The van der Waals surface area contributed by atoms with Gasteiger partial charge in [0.2, 0.25) is 0 Å². The molecule has 9 nitrogen and oxygen atoms in total. The van der Waals surface area contributed by atoms with Crippen molar-refractivity contribution in [1.82, 2.24) is 44.9 Å². The number of rotatable bonds is 10. The zero-order valence-corrected chi connectivity index (χ0v) is 33.0. The molecule has 0 amide bonds. The highest BCUT2D eigenvalue weighted by Crippen LogP contribution is 2.36. The highest BCUT2D eigenvalue weighted by molar-refractivity contribution is 5.85. The minimum absolute atomic E-state index is 0.104. The Balaban J connectivity index is 1.29. The quantitative estimate of drug-likeness (QED) is 0.135. The van der Waals surface area contributed by atoms with Crippen LogP contribution >= 0.6 is 0 Å². The standard InChI is InChI=1S/C48H43N9/c1-29(2)40-49-41(30(3)4)52-45(51-40)35-23-16-24-36(27-35)46-54-44(34-21-14-9-15-22-34)55-47(56-46)37-25-26-38(39(28-37)32-17-10-7-11-18-32)48-53-42(31(5)6)50-43(57-48)33-19-12-8-13-20-33/h7-31H,1-6H3. The van der Waals surface area contributed by atoms with E-state index in [0.29, 0.717) is 34.9 Å². The Morgan fingerprint density at radius 3 is 1.11 bits per heavy atom. The van der Waals surface area contributed by atoms with E-state index in [1.54, 1.807) is 0 Å². The fourth-order valence-corrected chi connectivity index (χ4v) is 6.42. The van der Waals surface area contributed by atoms with Crippen molar-refractivity contribution in [2.45, 2.75) is 59.3 Å². The maximum atomic E-state index is 5.14. The maximum absolute atomic E-state index is 5.14. The summed E-state index contributed by atoms with van der Waals surface area (Å²) in [6.07, 6.45) is 0. The fraction of sp³-hybridized carbons (Fsp3) is 0.188. The van der Waals surface area contributed by atoms with Gasteiger partial charge in [-0.05, 0) is 29.3 Å². The predicted molar refractivity (Wildman–Crippen MR) is 227 cm³/mol. The third kappa shape index (κ3) is 8.09. The Bertz CT molecular complexity index is 2630. The van der Waals surface area contributed by atoms with Gasteiger partial charge in [-0.3, -0.25) is 0 Å². The van der Waals surface area contributed by atoms with E-state index in [2.05, 4.69) is 65.8 Å². The molecule has 5 aromatic carbocycles. The van der Waals surface area contributed by atoms with Crippen molar-refractivity contribution >= 4 is 0 Å². The largest absolute Gasteiger partial charge is 0.217 e. The van der Waals surface area contributed by atoms with Crippen LogP contribution in [0.25, 0.3) is 79.5 Å². The van der Waals surface area contributed by atoms with Gasteiger partial charge in [-0.1, -0.05) is 157 Å². The minimum atomic E-state index is 0.104. The normalized spacial score (nSPS) is 11.5. The topological polar surface area (TPSA) is 116 Å². The Hall–Kier alpha value is -6.87. The van der Waals surface area contributed by atoms with Crippen molar-refractivity contribution < 1.29 is 0 Å². The highest BCUT2D eigenvalue weighted by atomic mass is 15.1. The average molecular weight is 746 g/mol. The summed E-state index contributed by atoms with van der Waals surface area (Å²) in [7, 11) is 0. The van der Waals surface area contributed by atoms with Gasteiger partial charge in [-0.15, -0.1) is 0 Å². The Kier molecular flexibility index (Phi) is 10.5. The molecule has 0 atom stereocenters. The van der Waals surface area contributed by atoms with Gasteiger partial charge in [0.15, 0.2) is 34.9 Å². The highest BCUT2D eigenvalue weighted by Gasteiger charge is 2.20. The summed E-state index contributed by atoms with van der Waals surface area (Å²) in [6.45, 7) is 12.6. The third-order valence-corrected chi connectivity index (χ3v) is 9.55. The van der Waals surface area contributed by atoms with E-state index in [1.165, 1.54) is 0 Å². The van der Waals surface area contributed by atoms with Crippen molar-refractivity contribution in [3.8, 4) is 79.5 Å². The van der Waals surface area contributed by atoms with Crippen LogP contribution in [0.2, 0.25) is 0 Å². The molecule has 57 heavy (non-hydrogen) atoms. The van der Waals surface area contributed by atoms with Crippen LogP contribution in [0.5, 0.6) is 0 Å². The zero-order valence-electron chi connectivity index (χ0n) is 33.0. The minimum Gasteiger partial charge on any atom is -0.217 e. The van der Waals surface area contributed by atoms with Crippen molar-refractivity contribution in [2.24, 2.45) is 0 Å². The molecule has 0 saturated heterocycles. The molecular weight excluding hydrogens is 703 g/mol. The summed E-state index contributed by atoms with van der Waals surface area (Å²) in [6, 6.07) is 44.7. The monoisotopic (exact) mass is 745 g/mol. The van der Waals surface area contributed by atoms with E-state index in [9.17, 15) is 0 Å². The van der Waals surface area contributed by atoms with Crippen LogP contribution < -0.4 is 0 Å². The fourth-order valence-electron chi connectivity index (χ4n) is 6.42. The summed E-state index contributed by atoms with van der Waals surface area (Å²) >= 11 is 0. The lowest BCUT2D eigenvalue weighted by molar-refractivity contribution is 0.697. The smallest absolute Gasteiger partial charge is 0.164 e. The molecule has 0 aliphatic rings. The second kappa shape index (κ2) is 16.1. The SMILES string of the molecule is CC(C)c1nc(-c2ccccc2)nc(-c2ccc(-c3nc(-c4ccccc4)nc(-c4cccc(-c5nc(C(C)C)nc(C(C)C)n5)c4)n3)cc2-c2ccccc2)n1. The predicted octanol–water partition coefficient (Wildman–Crippen LogP) is 11.3. The van der Waals surface area contributed by atoms with E-state index in [0.717, 1.165) is 62.0 Å². The summed E-state index contributed by atoms with van der Waals surface area (Å²) in [5.41, 5.74) is 7.20. The summed E-state index contributed by atoms with van der Waals surface area (Å²) in [5.74, 6) is 6.24. The van der Waals surface area contributed by atoms with Crippen LogP contribution in [0.4, 0.5) is 0 Å². The van der Waals surface area contributed by atoms with Gasteiger partial charge in [-0.25, -0.2) is 44.9 Å². The first kappa shape index (κ1) is 37.1. The van der Waals surface area contributed by atoms with Crippen LogP contribution in [0.3, 0.4) is 0 Å². The van der Waals surface area contributed by atoms with Gasteiger partial charge in [0.05, 0.1) is 0 Å². The molecule has 0 N–H and O–H groups in total. The van der Waals surface area contributed by atoms with E-state index in [-0.39, 0.29) is 17.8 Å². The van der Waals surface area contributed by atoms with Gasteiger partial charge in [0, 0.05) is 51.1 Å². The van der Waals surface area contributed by atoms with Gasteiger partial charge in [-0.2, -0.15) is 0 Å². The summed E-state index contributed by atoms with van der Waals surface area (Å²) < 4.78 is 0. The van der Waals surface area contributed by atoms with Gasteiger partial charge >= 0.3 is 0 Å². The van der Waals surface area contributed by atoms with Crippen LogP contribution in [0.15, 0.2) is 133 Å². The van der Waals surface area contributed by atoms with Crippen LogP contribution in [-0.4, -0.2) is 44.9 Å². The number of hydrogen-bond acceptors (Lipinski definition) is 9. The third-order valence-electron chi connectivity index (χ3n) is 9.55. The van der Waals surface area contributed by atoms with Gasteiger partial charge < -0.3 is 0 Å². The number of nitrogens with zero attached hydrogens (tertiary/aromatic N) is 9. The molecule has 8 aromatic rings. The van der Waals surface area contributed by atoms with Gasteiger partial charge in [0.25, 0.3) is 0 Å². The van der Waals surface area contributed by atoms with E-state index < -0.39 is 0 Å². The van der Waals surface area contributed by atoms with Crippen molar-refractivity contribution in [3.05, 3.63) is 151 Å². The maximum Gasteiger partial charge on any atom is 0.164 e. The average Bonchev–Trinajstić information content (AvgIpc) is 3.26. The molecule has 0 spiro atoms. The van der Waals surface area contributed by atoms with Crippen LogP contribution in [-0.2, 0) is 0 Å². The molecule has 0 bridgehead atoms. The molecule has 3 heterocycles. The molecule has 8 rings (SSSR count). The zero-order chi connectivity index (χ0) is 39.5. The molecule has 280 valence electrons. The first-order chi connectivity index (χ1) is 27.7. The van der Waals surface area contributed by atoms with E-state index >= 15 is 0 Å². The first-order valence-electron chi connectivity index (χ1n) is 19.4. The molecule has 3 aromatic heterocycles. The number of hydrogen-bond donors (Lipinski definition) is 0. The lowest BCUT2D eigenvalue weighted by Crippen LogP contribution is -2.08. The molecule has 0 radical (unpaired) electrons. The van der Waals surface area contributed by atoms with Crippen molar-refractivity contribution in [1.29, 1.82) is 0 Å². The lowest BCUT2D eigenvalue weighted by atomic mass is 9.96. The molecule has 0 aliphatic heterocycles. The Labute approximate surface area is 333 Å². The second-order valence-corrected chi connectivity index (χ2v) is 14.9. The summed E-state index contributed by atoms with van der Waals surface area (Å²) in [4.78, 5) is 44.6. The van der Waals surface area contributed by atoms with E-state index in [4.69, 9.17) is 44.9 Å². The Morgan fingerprint density at radius 2 is 0.614 bits per heavy atom. The van der Waals surface area contributed by atoms with Crippen molar-refractivity contribution in [3.63, 3.8) is 0 Å². The van der Waals surface area contributed by atoms with Gasteiger partial charge in [0.1, 0.15) is 17.5 Å². The molecule has 0 unspecified atom stereocenters. The lowest BCUT2D eigenvalue weighted by Gasteiger charge is -2.15. The summed E-state index contributed by atoms with van der Waals surface area (Å²) in [5, 5.41) is 0. The van der Waals surface area contributed by atoms with Crippen molar-refractivity contribution in [2.75, 3.05) is 0 Å².